The summed E-state index contributed by atoms with van der Waals surface area (Å²) >= 11 is 0. The Labute approximate surface area is 208 Å². The maximum Gasteiger partial charge on any atom is 0.337 e. The van der Waals surface area contributed by atoms with Crippen molar-refractivity contribution in [1.82, 2.24) is 9.29 Å². The number of nitrogens with one attached hydrogen (secondary N) is 1. The number of esters is 1. The number of H-pyrrole nitrogens is 1. The number of ether oxygens (including phenoxy) is 1. The van der Waals surface area contributed by atoms with Gasteiger partial charge in [-0.05, 0) is 84.5 Å². The van der Waals surface area contributed by atoms with E-state index in [1.54, 1.807) is 6.07 Å². The lowest BCUT2D eigenvalue weighted by atomic mass is 10.0. The van der Waals surface area contributed by atoms with Crippen molar-refractivity contribution in [3.05, 3.63) is 111 Å². The van der Waals surface area contributed by atoms with Gasteiger partial charge >= 0.3 is 5.97 Å². The molecule has 0 amide bonds. The van der Waals surface area contributed by atoms with Gasteiger partial charge in [-0.2, -0.15) is 4.31 Å². The first-order valence-corrected chi connectivity index (χ1v) is 12.6. The molecule has 3 aromatic carbocycles. The number of hydrogen-bond acceptors (Lipinski definition) is 5. The summed E-state index contributed by atoms with van der Waals surface area (Å²) in [5, 5.41) is 0.777. The van der Waals surface area contributed by atoms with Gasteiger partial charge in [-0.1, -0.05) is 18.2 Å². The molecule has 0 saturated carbocycles. The van der Waals surface area contributed by atoms with Gasteiger partial charge in [-0.25, -0.2) is 17.6 Å². The van der Waals surface area contributed by atoms with Crippen molar-refractivity contribution in [3.63, 3.8) is 0 Å². The number of aromatic amines is 1. The van der Waals surface area contributed by atoms with Crippen molar-refractivity contribution in [2.75, 3.05) is 7.11 Å². The Balaban J connectivity index is 1.80. The Bertz CT molecular complexity index is 1610. The van der Waals surface area contributed by atoms with E-state index in [1.807, 2.05) is 26.0 Å². The van der Waals surface area contributed by atoms with Gasteiger partial charge < -0.3 is 9.72 Å². The van der Waals surface area contributed by atoms with Crippen molar-refractivity contribution < 1.29 is 22.3 Å². The number of benzene rings is 3. The molecule has 0 saturated heterocycles. The van der Waals surface area contributed by atoms with Crippen LogP contribution in [0.5, 0.6) is 0 Å². The minimum Gasteiger partial charge on any atom is -0.465 e. The fraction of sp³-hybridized carbons (Fsp3) is 0.185. The fourth-order valence-electron chi connectivity index (χ4n) is 3.90. The van der Waals surface area contributed by atoms with Gasteiger partial charge in [0.25, 0.3) is 5.56 Å². The SMILES string of the molecule is COC(=O)c1cccc(S(=O)(=O)N(Cc2ccc(F)cc2)Cc2cc3cc(C)c(C)cc3[nH]c2=O)c1. The summed E-state index contributed by atoms with van der Waals surface area (Å²) in [6, 6.07) is 16.4. The van der Waals surface area contributed by atoms with Crippen molar-refractivity contribution in [3.8, 4) is 0 Å². The van der Waals surface area contributed by atoms with Crippen LogP contribution in [0.25, 0.3) is 10.9 Å². The van der Waals surface area contributed by atoms with Crippen LogP contribution in [0.3, 0.4) is 0 Å². The average molecular weight is 509 g/mol. The van der Waals surface area contributed by atoms with Crippen LogP contribution in [0.2, 0.25) is 0 Å². The van der Waals surface area contributed by atoms with E-state index in [2.05, 4.69) is 4.98 Å². The van der Waals surface area contributed by atoms with Gasteiger partial charge in [0.2, 0.25) is 10.0 Å². The van der Waals surface area contributed by atoms with Gasteiger partial charge in [-0.3, -0.25) is 4.79 Å². The lowest BCUT2D eigenvalue weighted by molar-refractivity contribution is 0.0600. The van der Waals surface area contributed by atoms with E-state index in [1.165, 1.54) is 55.6 Å². The maximum atomic E-state index is 13.7. The van der Waals surface area contributed by atoms with Crippen LogP contribution in [-0.2, 0) is 27.8 Å². The van der Waals surface area contributed by atoms with E-state index < -0.39 is 27.4 Å². The van der Waals surface area contributed by atoms with Gasteiger partial charge in [-0.15, -0.1) is 0 Å². The molecule has 0 atom stereocenters. The molecule has 9 heteroatoms. The second kappa shape index (κ2) is 10.0. The van der Waals surface area contributed by atoms with E-state index in [9.17, 15) is 22.4 Å². The highest BCUT2D eigenvalue weighted by molar-refractivity contribution is 7.89. The highest BCUT2D eigenvalue weighted by Gasteiger charge is 2.27. The quantitative estimate of drug-likeness (QED) is 0.372. The third kappa shape index (κ3) is 5.22. The number of hydrogen-bond donors (Lipinski definition) is 1. The number of carbonyl (C=O) groups is 1. The van der Waals surface area contributed by atoms with Gasteiger partial charge in [0.05, 0.1) is 17.6 Å². The highest BCUT2D eigenvalue weighted by Crippen LogP contribution is 2.24. The number of nitrogens with zero attached hydrogens (tertiary/aromatic N) is 1. The molecule has 0 aliphatic heterocycles. The summed E-state index contributed by atoms with van der Waals surface area (Å²) in [6.07, 6.45) is 0. The first-order valence-electron chi connectivity index (χ1n) is 11.1. The van der Waals surface area contributed by atoms with Crippen molar-refractivity contribution in [1.29, 1.82) is 0 Å². The number of sulfonamides is 1. The molecule has 1 heterocycles. The molecule has 0 spiro atoms. The summed E-state index contributed by atoms with van der Waals surface area (Å²) in [4.78, 5) is 27.6. The molecule has 36 heavy (non-hydrogen) atoms. The Morgan fingerprint density at radius 3 is 2.36 bits per heavy atom. The lowest BCUT2D eigenvalue weighted by Crippen LogP contribution is -2.32. The Kier molecular flexibility index (Phi) is 7.05. The Morgan fingerprint density at radius 1 is 0.972 bits per heavy atom. The van der Waals surface area contributed by atoms with Crippen LogP contribution in [-0.4, -0.2) is 30.8 Å². The first-order chi connectivity index (χ1) is 17.1. The summed E-state index contributed by atoms with van der Waals surface area (Å²) in [5.41, 5.74) is 3.18. The standard InChI is InChI=1S/C27H25FN2O5S/c1-17-11-21-13-22(26(31)29-25(21)12-18(17)2)16-30(15-19-7-9-23(28)10-8-19)36(33,34)24-6-4-5-20(14-24)27(32)35-3/h4-14H,15-16H2,1-3H3,(H,29,31). The first kappa shape index (κ1) is 25.3. The van der Waals surface area contributed by atoms with Crippen LogP contribution in [0, 0.1) is 19.7 Å². The number of carbonyl (C=O) groups excluding carboxylic acids is 1. The third-order valence-corrected chi connectivity index (χ3v) is 7.83. The normalized spacial score (nSPS) is 11.7. The van der Waals surface area contributed by atoms with E-state index in [0.717, 1.165) is 20.8 Å². The van der Waals surface area contributed by atoms with E-state index in [-0.39, 0.29) is 29.1 Å². The van der Waals surface area contributed by atoms with Gasteiger partial charge in [0.15, 0.2) is 0 Å². The molecule has 4 rings (SSSR count). The van der Waals surface area contributed by atoms with Crippen molar-refractivity contribution >= 4 is 26.9 Å². The molecule has 0 bridgehead atoms. The zero-order valence-electron chi connectivity index (χ0n) is 20.0. The van der Waals surface area contributed by atoms with E-state index >= 15 is 0 Å². The number of fused-ring (bicyclic) bond motifs is 1. The number of aromatic nitrogens is 1. The minimum absolute atomic E-state index is 0.0784. The fourth-order valence-corrected chi connectivity index (χ4v) is 5.35. The molecule has 4 aromatic rings. The number of pyridine rings is 1. The molecule has 0 aliphatic rings. The Morgan fingerprint density at radius 2 is 1.67 bits per heavy atom. The van der Waals surface area contributed by atoms with Crippen LogP contribution < -0.4 is 5.56 Å². The van der Waals surface area contributed by atoms with E-state index in [0.29, 0.717) is 11.1 Å². The second-order valence-corrected chi connectivity index (χ2v) is 10.5. The molecular formula is C27H25FN2O5S. The van der Waals surface area contributed by atoms with Crippen LogP contribution >= 0.6 is 0 Å². The largest absolute Gasteiger partial charge is 0.465 e. The summed E-state index contributed by atoms with van der Waals surface area (Å²) in [5.74, 6) is -1.12. The molecule has 186 valence electrons. The van der Waals surface area contributed by atoms with Crippen LogP contribution in [0.15, 0.2) is 76.4 Å². The number of methoxy groups -OCH3 is 1. The molecule has 7 nitrogen and oxygen atoms in total. The predicted molar refractivity (Wildman–Crippen MR) is 135 cm³/mol. The Hall–Kier alpha value is -3.82. The molecular weight excluding hydrogens is 483 g/mol. The predicted octanol–water partition coefficient (Wildman–Crippen LogP) is 4.46. The average Bonchev–Trinajstić information content (AvgIpc) is 2.86. The number of halogens is 1. The number of aryl methyl sites for hydroxylation is 2. The molecule has 0 fully saturated rings. The highest BCUT2D eigenvalue weighted by atomic mass is 32.2. The smallest absolute Gasteiger partial charge is 0.337 e. The van der Waals surface area contributed by atoms with E-state index in [4.69, 9.17) is 4.74 Å². The van der Waals surface area contributed by atoms with Crippen molar-refractivity contribution in [2.24, 2.45) is 0 Å². The third-order valence-electron chi connectivity index (χ3n) is 6.05. The number of rotatable bonds is 7. The zero-order chi connectivity index (χ0) is 26.0. The molecule has 0 radical (unpaired) electrons. The minimum atomic E-state index is -4.18. The van der Waals surface area contributed by atoms with Gasteiger partial charge in [0, 0.05) is 24.2 Å². The van der Waals surface area contributed by atoms with Gasteiger partial charge in [0.1, 0.15) is 5.82 Å². The summed E-state index contributed by atoms with van der Waals surface area (Å²) in [7, 11) is -2.97. The van der Waals surface area contributed by atoms with Crippen LogP contribution in [0.4, 0.5) is 4.39 Å². The summed E-state index contributed by atoms with van der Waals surface area (Å²) in [6.45, 7) is 3.55. The van der Waals surface area contributed by atoms with Crippen LogP contribution in [0.1, 0.15) is 32.6 Å². The maximum absolute atomic E-state index is 13.7. The molecule has 1 aromatic heterocycles. The zero-order valence-corrected chi connectivity index (χ0v) is 20.9. The monoisotopic (exact) mass is 508 g/mol. The molecule has 1 N–H and O–H groups in total. The van der Waals surface area contributed by atoms with Crippen molar-refractivity contribution in [2.45, 2.75) is 31.8 Å². The molecule has 0 unspecified atom stereocenters. The topological polar surface area (TPSA) is 96.5 Å². The molecule has 0 aliphatic carbocycles. The lowest BCUT2D eigenvalue weighted by Gasteiger charge is -2.23. The summed E-state index contributed by atoms with van der Waals surface area (Å²) < 4.78 is 46.8. The second-order valence-electron chi connectivity index (χ2n) is 8.57.